The van der Waals surface area contributed by atoms with Gasteiger partial charge in [0.15, 0.2) is 0 Å². The first-order valence-corrected chi connectivity index (χ1v) is 5.98. The van der Waals surface area contributed by atoms with Crippen LogP contribution in [0.4, 0.5) is 0 Å². The van der Waals surface area contributed by atoms with Gasteiger partial charge in [-0.25, -0.2) is 10.0 Å². The Hall–Kier alpha value is 0.350. The predicted octanol–water partition coefficient (Wildman–Crippen LogP) is 1.59. The van der Waals surface area contributed by atoms with E-state index in [2.05, 4.69) is 13.8 Å². The van der Waals surface area contributed by atoms with Crippen molar-refractivity contribution in [3.63, 3.8) is 0 Å². The van der Waals surface area contributed by atoms with Crippen LogP contribution in [0.3, 0.4) is 0 Å². The fraction of sp³-hybridized carbons (Fsp3) is 1.00. The molecular weight excluding hydrogens is 128 g/mol. The molecule has 0 nitrogen and oxygen atoms in total. The van der Waals surface area contributed by atoms with Crippen molar-refractivity contribution in [2.24, 2.45) is 11.8 Å². The monoisotopic (exact) mass is 140 g/mol. The fourth-order valence-corrected chi connectivity index (χ4v) is 11.8. The second-order valence-corrected chi connectivity index (χ2v) is 8.20. The van der Waals surface area contributed by atoms with Gasteiger partial charge in [-0.15, -0.1) is 0 Å². The van der Waals surface area contributed by atoms with Gasteiger partial charge in [-0.05, 0) is 17.1 Å². The molecule has 1 heteroatoms. The van der Waals surface area contributed by atoms with Crippen molar-refractivity contribution in [2.45, 2.75) is 34.8 Å². The molecule has 0 N–H and O–H groups in total. The molecule has 4 fully saturated rings. The van der Waals surface area contributed by atoms with Gasteiger partial charge in [0.25, 0.3) is 0 Å². The van der Waals surface area contributed by atoms with E-state index in [9.17, 15) is 0 Å². The Labute approximate surface area is 57.3 Å². The van der Waals surface area contributed by atoms with E-state index in [1.807, 2.05) is 0 Å². The van der Waals surface area contributed by atoms with E-state index < -0.39 is 0 Å². The highest BCUT2D eigenvalue weighted by Gasteiger charge is 3.00. The highest BCUT2D eigenvalue weighted by atomic mass is 32.3. The van der Waals surface area contributed by atoms with Crippen LogP contribution in [0.15, 0.2) is 0 Å². The number of rotatable bonds is 0. The highest BCUT2D eigenvalue weighted by molar-refractivity contribution is 8.50. The SMILES string of the molecule is CC1C2C(C)C3C4C1S234. The summed E-state index contributed by atoms with van der Waals surface area (Å²) < 4.78 is 0. The Morgan fingerprint density at radius 1 is 0.778 bits per heavy atom. The molecular formula is C8H12S. The minimum absolute atomic E-state index is 0.272. The van der Waals surface area contributed by atoms with Crippen LogP contribution >= 0.6 is 10.0 Å². The zero-order valence-electron chi connectivity index (χ0n) is 5.87. The molecule has 0 amide bonds. The lowest BCUT2D eigenvalue weighted by molar-refractivity contribution is 0.316. The van der Waals surface area contributed by atoms with Gasteiger partial charge in [0.2, 0.25) is 0 Å². The summed E-state index contributed by atoms with van der Waals surface area (Å²) in [5.41, 5.74) is 0. The Kier molecular flexibility index (Phi) is 0.361. The van der Waals surface area contributed by atoms with Crippen LogP contribution < -0.4 is 0 Å². The van der Waals surface area contributed by atoms with Crippen LogP contribution in [0.5, 0.6) is 0 Å². The van der Waals surface area contributed by atoms with Crippen LogP contribution in [0, 0.1) is 11.8 Å². The smallest absolute Gasteiger partial charge is 0.0113 e. The van der Waals surface area contributed by atoms with Crippen molar-refractivity contribution >= 4 is 10.0 Å². The molecule has 4 heterocycles. The van der Waals surface area contributed by atoms with Crippen molar-refractivity contribution in [3.8, 4) is 0 Å². The fourth-order valence-electron chi connectivity index (χ4n) is 4.35. The lowest BCUT2D eigenvalue weighted by Gasteiger charge is -2.60. The summed E-state index contributed by atoms with van der Waals surface area (Å²) in [5.74, 6) is 2.34. The lowest BCUT2D eigenvalue weighted by atomic mass is 9.81. The van der Waals surface area contributed by atoms with Gasteiger partial charge in [0.1, 0.15) is 0 Å². The molecule has 0 aliphatic carbocycles. The average Bonchev–Trinajstić information content (AvgIpc) is 2.50. The largest absolute Gasteiger partial charge is 0.224 e. The van der Waals surface area contributed by atoms with Crippen LogP contribution in [-0.2, 0) is 0 Å². The maximum Gasteiger partial charge on any atom is 0.0113 e. The van der Waals surface area contributed by atoms with Gasteiger partial charge in [-0.1, -0.05) is 13.8 Å². The summed E-state index contributed by atoms with van der Waals surface area (Å²) in [6.45, 7) is 4.99. The third-order valence-electron chi connectivity index (χ3n) is 4.45. The normalized spacial score (nSPS) is 101. The van der Waals surface area contributed by atoms with Crippen molar-refractivity contribution in [1.82, 2.24) is 0 Å². The molecule has 4 unspecified atom stereocenters. The van der Waals surface area contributed by atoms with Crippen molar-refractivity contribution in [2.75, 3.05) is 0 Å². The molecule has 0 bridgehead atoms. The van der Waals surface area contributed by atoms with Crippen molar-refractivity contribution in [3.05, 3.63) is 0 Å². The minimum atomic E-state index is 0.272. The Morgan fingerprint density at radius 3 is 1.56 bits per heavy atom. The summed E-state index contributed by atoms with van der Waals surface area (Å²) in [5, 5.41) is 5.32. The second kappa shape index (κ2) is 0.761. The van der Waals surface area contributed by atoms with Crippen LogP contribution in [0.25, 0.3) is 0 Å². The molecule has 4 atom stereocenters. The summed E-state index contributed by atoms with van der Waals surface area (Å²) in [4.78, 5) is 0. The highest BCUT2D eigenvalue weighted by Crippen LogP contribution is 3.14. The topological polar surface area (TPSA) is 0 Å². The second-order valence-electron chi connectivity index (χ2n) is 4.39. The minimum Gasteiger partial charge on any atom is -0.224 e. The standard InChI is InChI=1S/C8H12S/c1-3-5-4(2)7-8-6(3)9(5,7)8/h3-8H,1-2H3. The van der Waals surface area contributed by atoms with E-state index >= 15 is 0 Å². The summed E-state index contributed by atoms with van der Waals surface area (Å²) in [6.07, 6.45) is 0. The zero-order valence-corrected chi connectivity index (χ0v) is 6.69. The maximum atomic E-state index is 2.49. The molecule has 4 saturated heterocycles. The van der Waals surface area contributed by atoms with Crippen LogP contribution in [0.1, 0.15) is 13.8 Å². The lowest BCUT2D eigenvalue weighted by Crippen LogP contribution is -2.56. The first-order valence-electron chi connectivity index (χ1n) is 4.10. The third-order valence-corrected chi connectivity index (χ3v) is 10.5. The van der Waals surface area contributed by atoms with E-state index in [1.54, 1.807) is 0 Å². The number of hydrogen-bond donors (Lipinski definition) is 0. The van der Waals surface area contributed by atoms with Gasteiger partial charge in [-0.3, -0.25) is 0 Å². The molecule has 4 rings (SSSR count). The predicted molar refractivity (Wildman–Crippen MR) is 41.1 cm³/mol. The molecule has 9 heavy (non-hydrogen) atoms. The molecule has 0 radical (unpaired) electrons. The van der Waals surface area contributed by atoms with E-state index in [0.29, 0.717) is 0 Å². The van der Waals surface area contributed by atoms with Crippen LogP contribution in [0.2, 0.25) is 0 Å². The first-order chi connectivity index (χ1) is 4.31. The van der Waals surface area contributed by atoms with Crippen molar-refractivity contribution < 1.29 is 0 Å². The van der Waals surface area contributed by atoms with Crippen LogP contribution in [-0.4, -0.2) is 21.0 Å². The maximum absolute atomic E-state index is 2.49. The third kappa shape index (κ3) is 0.171. The quantitative estimate of drug-likeness (QED) is 0.448. The van der Waals surface area contributed by atoms with Gasteiger partial charge < -0.3 is 0 Å². The van der Waals surface area contributed by atoms with Gasteiger partial charge in [-0.2, -0.15) is 0 Å². The number of hydrogen-bond acceptors (Lipinski definition) is 0. The van der Waals surface area contributed by atoms with E-state index in [1.165, 1.54) is 32.8 Å². The van der Waals surface area contributed by atoms with Gasteiger partial charge in [0.05, 0.1) is 0 Å². The summed E-state index contributed by atoms with van der Waals surface area (Å²) >= 11 is 0. The van der Waals surface area contributed by atoms with Gasteiger partial charge >= 0.3 is 0 Å². The molecule has 0 aromatic carbocycles. The Balaban J connectivity index is 1.89. The number of fused-ring (bicyclic) bond motifs is 2. The van der Waals surface area contributed by atoms with E-state index in [4.69, 9.17) is 0 Å². The molecule has 4 aliphatic rings. The molecule has 4 aliphatic heterocycles. The average molecular weight is 140 g/mol. The molecule has 1 spiro atoms. The summed E-state index contributed by atoms with van der Waals surface area (Å²) in [7, 11) is 0.272. The summed E-state index contributed by atoms with van der Waals surface area (Å²) in [6, 6.07) is 0. The zero-order chi connectivity index (χ0) is 5.96. The van der Waals surface area contributed by atoms with E-state index in [-0.39, 0.29) is 10.0 Å². The van der Waals surface area contributed by atoms with Gasteiger partial charge in [0, 0.05) is 15.7 Å². The molecule has 0 aromatic rings. The Bertz CT molecular complexity index is 201. The molecule has 0 saturated carbocycles. The molecule has 50 valence electrons. The Morgan fingerprint density at radius 2 is 1.33 bits per heavy atom. The molecule has 0 aromatic heterocycles. The van der Waals surface area contributed by atoms with Crippen molar-refractivity contribution in [1.29, 1.82) is 0 Å². The first kappa shape index (κ1) is 4.27. The van der Waals surface area contributed by atoms with E-state index in [0.717, 1.165) is 0 Å².